The molecule has 2 heterocycles. The molecule has 188 valence electrons. The molecular formula is C29H24BrNO6. The molecule has 7 nitrogen and oxygen atoms in total. The number of furan rings is 1. The molecule has 5 rings (SSSR count). The van der Waals surface area contributed by atoms with E-state index in [9.17, 15) is 14.7 Å². The van der Waals surface area contributed by atoms with Crippen LogP contribution in [0.15, 0.2) is 93.0 Å². The topological polar surface area (TPSA) is 89.2 Å². The Labute approximate surface area is 222 Å². The van der Waals surface area contributed by atoms with Gasteiger partial charge in [-0.05, 0) is 67.9 Å². The maximum atomic E-state index is 13.8. The fourth-order valence-electron chi connectivity index (χ4n) is 4.48. The Hall–Kier alpha value is -4.04. The van der Waals surface area contributed by atoms with E-state index >= 15 is 0 Å². The predicted octanol–water partition coefficient (Wildman–Crippen LogP) is 6.78. The number of aliphatic hydroxyl groups is 1. The molecule has 8 heteroatoms. The molecule has 4 aromatic rings. The number of aliphatic hydroxyl groups excluding tert-OH is 1. The van der Waals surface area contributed by atoms with Crippen molar-refractivity contribution >= 4 is 44.3 Å². The number of ether oxygens (including phenoxy) is 2. The van der Waals surface area contributed by atoms with Crippen LogP contribution >= 0.6 is 15.9 Å². The first-order chi connectivity index (χ1) is 17.9. The smallest absolute Gasteiger partial charge is 0.294 e. The van der Waals surface area contributed by atoms with Gasteiger partial charge >= 0.3 is 0 Å². The summed E-state index contributed by atoms with van der Waals surface area (Å²) in [6.07, 6.45) is 0. The first-order valence-corrected chi connectivity index (χ1v) is 12.7. The third kappa shape index (κ3) is 4.60. The van der Waals surface area contributed by atoms with E-state index in [4.69, 9.17) is 13.9 Å². The van der Waals surface area contributed by atoms with E-state index in [1.54, 1.807) is 60.7 Å². The minimum atomic E-state index is -0.896. The SMILES string of the molecule is CCOc1ccc(C2C(C(=O)c3cc4cc(Br)ccc4o3)=C(O)C(=O)N2c2cccc(OCC)c2)cc1. The largest absolute Gasteiger partial charge is 0.503 e. The second-order valence-corrected chi connectivity index (χ2v) is 9.31. The molecule has 1 atom stereocenters. The molecule has 0 fully saturated rings. The van der Waals surface area contributed by atoms with Crippen LogP contribution < -0.4 is 14.4 Å². The number of Topliss-reactive ketones (excluding diaryl/α,β-unsaturated/α-hetero) is 1. The highest BCUT2D eigenvalue weighted by molar-refractivity contribution is 9.10. The molecule has 1 amide bonds. The van der Waals surface area contributed by atoms with Crippen LogP contribution in [0, 0.1) is 0 Å². The van der Waals surface area contributed by atoms with E-state index in [0.29, 0.717) is 41.5 Å². The molecule has 0 radical (unpaired) electrons. The Bertz CT molecular complexity index is 1520. The number of fused-ring (bicyclic) bond motifs is 1. The number of nitrogens with zero attached hydrogens (tertiary/aromatic N) is 1. The zero-order chi connectivity index (χ0) is 26.1. The summed E-state index contributed by atoms with van der Waals surface area (Å²) in [5.74, 6) is -0.615. The third-order valence-corrected chi connectivity index (χ3v) is 6.56. The summed E-state index contributed by atoms with van der Waals surface area (Å²) in [6, 6.07) is 20.2. The number of carbonyl (C=O) groups is 2. The first kappa shape index (κ1) is 24.6. The van der Waals surface area contributed by atoms with Gasteiger partial charge in [-0.15, -0.1) is 0 Å². The molecule has 0 bridgehead atoms. The highest BCUT2D eigenvalue weighted by Crippen LogP contribution is 2.43. The monoisotopic (exact) mass is 561 g/mol. The normalized spacial score (nSPS) is 15.5. The van der Waals surface area contributed by atoms with Crippen molar-refractivity contribution in [2.75, 3.05) is 18.1 Å². The summed E-state index contributed by atoms with van der Waals surface area (Å²) in [5, 5.41) is 11.8. The third-order valence-electron chi connectivity index (χ3n) is 6.07. The second kappa shape index (κ2) is 10.1. The van der Waals surface area contributed by atoms with Crippen molar-refractivity contribution in [3.63, 3.8) is 0 Å². The van der Waals surface area contributed by atoms with Gasteiger partial charge in [-0.25, -0.2) is 0 Å². The number of rotatable bonds is 8. The summed E-state index contributed by atoms with van der Waals surface area (Å²) < 4.78 is 17.8. The van der Waals surface area contributed by atoms with Gasteiger partial charge in [0.2, 0.25) is 5.78 Å². The van der Waals surface area contributed by atoms with Crippen molar-refractivity contribution in [3.8, 4) is 11.5 Å². The lowest BCUT2D eigenvalue weighted by Crippen LogP contribution is -2.31. The minimum Gasteiger partial charge on any atom is -0.503 e. The van der Waals surface area contributed by atoms with E-state index in [2.05, 4.69) is 15.9 Å². The maximum absolute atomic E-state index is 13.8. The lowest BCUT2D eigenvalue weighted by atomic mass is 9.94. The molecule has 1 N–H and O–H groups in total. The van der Waals surface area contributed by atoms with Crippen LogP contribution in [0.25, 0.3) is 11.0 Å². The Kier molecular flexibility index (Phi) is 6.76. The molecule has 1 aliphatic rings. The van der Waals surface area contributed by atoms with Gasteiger partial charge in [0.05, 0.1) is 24.8 Å². The van der Waals surface area contributed by atoms with Gasteiger partial charge in [-0.2, -0.15) is 0 Å². The highest BCUT2D eigenvalue weighted by Gasteiger charge is 2.45. The Morgan fingerprint density at radius 2 is 1.70 bits per heavy atom. The fourth-order valence-corrected chi connectivity index (χ4v) is 4.86. The summed E-state index contributed by atoms with van der Waals surface area (Å²) in [4.78, 5) is 28.7. The van der Waals surface area contributed by atoms with E-state index in [1.807, 2.05) is 26.0 Å². The molecular weight excluding hydrogens is 538 g/mol. The van der Waals surface area contributed by atoms with E-state index in [-0.39, 0.29) is 11.3 Å². The molecule has 0 saturated heterocycles. The van der Waals surface area contributed by atoms with Crippen molar-refractivity contribution in [2.45, 2.75) is 19.9 Å². The number of benzene rings is 3. The molecule has 1 aromatic heterocycles. The lowest BCUT2D eigenvalue weighted by molar-refractivity contribution is -0.117. The Balaban J connectivity index is 1.63. The average molecular weight is 562 g/mol. The van der Waals surface area contributed by atoms with Crippen LogP contribution in [0.1, 0.15) is 36.0 Å². The Morgan fingerprint density at radius 3 is 2.43 bits per heavy atom. The van der Waals surface area contributed by atoms with Gasteiger partial charge in [-0.3, -0.25) is 14.5 Å². The van der Waals surface area contributed by atoms with Crippen LogP contribution in [0.2, 0.25) is 0 Å². The van der Waals surface area contributed by atoms with Gasteiger partial charge in [0.1, 0.15) is 17.1 Å². The van der Waals surface area contributed by atoms with Crippen LogP contribution in [-0.4, -0.2) is 30.0 Å². The van der Waals surface area contributed by atoms with Crippen LogP contribution in [-0.2, 0) is 4.79 Å². The summed E-state index contributed by atoms with van der Waals surface area (Å²) in [5.41, 5.74) is 1.58. The molecule has 0 spiro atoms. The van der Waals surface area contributed by atoms with Crippen LogP contribution in [0.5, 0.6) is 11.5 Å². The molecule has 37 heavy (non-hydrogen) atoms. The Morgan fingerprint density at radius 1 is 0.973 bits per heavy atom. The number of carbonyl (C=O) groups excluding carboxylic acids is 2. The zero-order valence-corrected chi connectivity index (χ0v) is 21.8. The number of anilines is 1. The van der Waals surface area contributed by atoms with Crippen molar-refractivity contribution in [1.29, 1.82) is 0 Å². The molecule has 0 saturated carbocycles. The van der Waals surface area contributed by atoms with Gasteiger partial charge in [0, 0.05) is 21.6 Å². The van der Waals surface area contributed by atoms with E-state index in [1.165, 1.54) is 4.90 Å². The maximum Gasteiger partial charge on any atom is 0.294 e. The minimum absolute atomic E-state index is 0.0308. The summed E-state index contributed by atoms with van der Waals surface area (Å²) in [6.45, 7) is 4.71. The molecule has 3 aromatic carbocycles. The molecule has 1 aliphatic heterocycles. The molecule has 0 aliphatic carbocycles. The van der Waals surface area contributed by atoms with Crippen molar-refractivity contribution in [2.24, 2.45) is 0 Å². The highest BCUT2D eigenvalue weighted by atomic mass is 79.9. The van der Waals surface area contributed by atoms with Crippen LogP contribution in [0.4, 0.5) is 5.69 Å². The van der Waals surface area contributed by atoms with Gasteiger partial charge in [-0.1, -0.05) is 34.1 Å². The zero-order valence-electron chi connectivity index (χ0n) is 20.2. The van der Waals surface area contributed by atoms with Crippen LogP contribution in [0.3, 0.4) is 0 Å². The average Bonchev–Trinajstić information content (AvgIpc) is 3.43. The number of hydrogen-bond donors (Lipinski definition) is 1. The van der Waals surface area contributed by atoms with Crippen molar-refractivity contribution < 1.29 is 28.6 Å². The standard InChI is InChI=1S/C29H24BrNO6/c1-3-35-21-11-8-17(9-12-21)26-25(27(32)24-15-18-14-19(30)10-13-23(18)37-24)28(33)29(34)31(26)20-6-5-7-22(16-20)36-4-2/h5-16,26,33H,3-4H2,1-2H3. The van der Waals surface area contributed by atoms with Gasteiger partial charge in [0.15, 0.2) is 11.5 Å². The number of hydrogen-bond acceptors (Lipinski definition) is 6. The summed E-state index contributed by atoms with van der Waals surface area (Å²) in [7, 11) is 0. The number of halogens is 1. The lowest BCUT2D eigenvalue weighted by Gasteiger charge is -2.27. The fraction of sp³-hybridized carbons (Fsp3) is 0.172. The number of ketones is 1. The van der Waals surface area contributed by atoms with Gasteiger partial charge < -0.3 is 19.0 Å². The van der Waals surface area contributed by atoms with E-state index < -0.39 is 23.5 Å². The second-order valence-electron chi connectivity index (χ2n) is 8.39. The predicted molar refractivity (Wildman–Crippen MR) is 143 cm³/mol. The molecule has 1 unspecified atom stereocenters. The van der Waals surface area contributed by atoms with Crippen molar-refractivity contribution in [1.82, 2.24) is 0 Å². The number of amides is 1. The summed E-state index contributed by atoms with van der Waals surface area (Å²) >= 11 is 3.42. The van der Waals surface area contributed by atoms with Crippen molar-refractivity contribution in [3.05, 3.63) is 99.9 Å². The van der Waals surface area contributed by atoms with E-state index in [0.717, 1.165) is 9.86 Å². The first-order valence-electron chi connectivity index (χ1n) is 11.9. The van der Waals surface area contributed by atoms with Gasteiger partial charge in [0.25, 0.3) is 5.91 Å². The quantitative estimate of drug-likeness (QED) is 0.238.